The number of amides is 1. The number of hydrogen-bond acceptors (Lipinski definition) is 8. The number of benzene rings is 2. The van der Waals surface area contributed by atoms with Gasteiger partial charge in [-0.25, -0.2) is 0 Å². The first-order valence-electron chi connectivity index (χ1n) is 10.9. The van der Waals surface area contributed by atoms with Gasteiger partial charge in [0.1, 0.15) is 6.04 Å². The van der Waals surface area contributed by atoms with Gasteiger partial charge >= 0.3 is 0 Å². The summed E-state index contributed by atoms with van der Waals surface area (Å²) in [6.45, 7) is 4.85. The van der Waals surface area contributed by atoms with Crippen molar-refractivity contribution in [1.29, 1.82) is 0 Å². The normalized spacial score (nSPS) is 17.2. The lowest BCUT2D eigenvalue weighted by atomic mass is 9.90. The average Bonchev–Trinajstić information content (AvgIpc) is 3.47. The van der Waals surface area contributed by atoms with Gasteiger partial charge in [-0.15, -0.1) is 5.10 Å². The molecule has 0 aliphatic carbocycles. The summed E-state index contributed by atoms with van der Waals surface area (Å²) in [6, 6.07) is 9.07. The number of hydrogen-bond donors (Lipinski definition) is 1. The van der Waals surface area contributed by atoms with Crippen LogP contribution in [0.1, 0.15) is 47.2 Å². The fraction of sp³-hybridized carbons (Fsp3) is 0.391. The molecular formula is C23H26N6O4. The molecule has 0 saturated heterocycles. The highest BCUT2D eigenvalue weighted by molar-refractivity contribution is 5.94. The summed E-state index contributed by atoms with van der Waals surface area (Å²) in [5.41, 5.74) is 3.43. The molecule has 2 aliphatic heterocycles. The molecule has 3 heterocycles. The first kappa shape index (κ1) is 21.2. The number of rotatable bonds is 5. The minimum atomic E-state index is -0.253. The van der Waals surface area contributed by atoms with Crippen LogP contribution in [0.15, 0.2) is 30.3 Å². The summed E-state index contributed by atoms with van der Waals surface area (Å²) < 4.78 is 18.8. The molecule has 0 fully saturated rings. The Labute approximate surface area is 191 Å². The summed E-state index contributed by atoms with van der Waals surface area (Å²) >= 11 is 0. The molecular weight excluding hydrogens is 424 g/mol. The van der Waals surface area contributed by atoms with E-state index in [2.05, 4.69) is 25.7 Å². The van der Waals surface area contributed by atoms with Crippen molar-refractivity contribution in [3.63, 3.8) is 0 Å². The van der Waals surface area contributed by atoms with Gasteiger partial charge in [0.2, 0.25) is 12.5 Å². The van der Waals surface area contributed by atoms with Crippen LogP contribution in [0.3, 0.4) is 0 Å². The Hall–Kier alpha value is -3.66. The fourth-order valence-corrected chi connectivity index (χ4v) is 4.41. The predicted octanol–water partition coefficient (Wildman–Crippen LogP) is 2.12. The number of methoxy groups -OCH3 is 1. The monoisotopic (exact) mass is 450 g/mol. The predicted molar refractivity (Wildman–Crippen MR) is 119 cm³/mol. The average molecular weight is 450 g/mol. The molecule has 3 aromatic rings. The molecule has 5 rings (SSSR count). The fourth-order valence-electron chi connectivity index (χ4n) is 4.41. The van der Waals surface area contributed by atoms with Crippen molar-refractivity contribution in [3.05, 3.63) is 52.8 Å². The van der Waals surface area contributed by atoms with E-state index in [0.717, 1.165) is 29.8 Å². The molecule has 2 aromatic carbocycles. The molecule has 0 radical (unpaired) electrons. The number of carbonyl (C=O) groups is 1. The van der Waals surface area contributed by atoms with Gasteiger partial charge in [0.25, 0.3) is 5.91 Å². The summed E-state index contributed by atoms with van der Waals surface area (Å²) in [5.74, 6) is 2.48. The zero-order valence-electron chi connectivity index (χ0n) is 19.0. The maximum Gasteiger partial charge on any atom is 0.251 e. The minimum absolute atomic E-state index is 0.0658. The molecule has 0 unspecified atom stereocenters. The Balaban J connectivity index is 1.56. The Morgan fingerprint density at radius 2 is 2.03 bits per heavy atom. The highest BCUT2D eigenvalue weighted by Gasteiger charge is 2.37. The van der Waals surface area contributed by atoms with E-state index < -0.39 is 0 Å². The van der Waals surface area contributed by atoms with Crippen molar-refractivity contribution in [2.24, 2.45) is 0 Å². The summed E-state index contributed by atoms with van der Waals surface area (Å²) in [4.78, 5) is 14.5. The quantitative estimate of drug-likeness (QED) is 0.631. The third-order valence-corrected chi connectivity index (χ3v) is 5.93. The van der Waals surface area contributed by atoms with E-state index in [9.17, 15) is 4.79 Å². The van der Waals surface area contributed by atoms with Crippen LogP contribution in [-0.4, -0.2) is 64.6 Å². The largest absolute Gasteiger partial charge is 0.492 e. The van der Waals surface area contributed by atoms with Gasteiger partial charge < -0.3 is 19.5 Å². The Kier molecular flexibility index (Phi) is 5.37. The van der Waals surface area contributed by atoms with Crippen molar-refractivity contribution in [2.75, 3.05) is 27.5 Å². The van der Waals surface area contributed by atoms with Gasteiger partial charge in [0, 0.05) is 23.7 Å². The second kappa shape index (κ2) is 8.36. The van der Waals surface area contributed by atoms with E-state index in [-0.39, 0.29) is 24.8 Å². The lowest BCUT2D eigenvalue weighted by Gasteiger charge is -2.34. The minimum Gasteiger partial charge on any atom is -0.492 e. The Bertz CT molecular complexity index is 1190. The van der Waals surface area contributed by atoms with E-state index in [4.69, 9.17) is 14.2 Å². The van der Waals surface area contributed by atoms with E-state index in [1.54, 1.807) is 23.9 Å². The number of likely N-dealkylation sites (N-methyl/N-ethyl adjacent to an activating group) is 1. The summed E-state index contributed by atoms with van der Waals surface area (Å²) in [7, 11) is 3.67. The highest BCUT2D eigenvalue weighted by atomic mass is 16.7. The number of fused-ring (bicyclic) bond motifs is 2. The number of nitrogens with one attached hydrogen (secondary N) is 1. The van der Waals surface area contributed by atoms with Crippen molar-refractivity contribution < 1.29 is 19.0 Å². The second-order valence-corrected chi connectivity index (χ2v) is 8.47. The van der Waals surface area contributed by atoms with Gasteiger partial charge in [-0.2, -0.15) is 4.68 Å². The molecule has 10 heteroatoms. The number of tetrazole rings is 1. The molecule has 1 N–H and O–H groups in total. The molecule has 1 atom stereocenters. The van der Waals surface area contributed by atoms with Crippen LogP contribution in [0.2, 0.25) is 0 Å². The van der Waals surface area contributed by atoms with Gasteiger partial charge in [0.05, 0.1) is 12.8 Å². The molecule has 0 bridgehead atoms. The van der Waals surface area contributed by atoms with Crippen molar-refractivity contribution in [2.45, 2.75) is 32.4 Å². The highest BCUT2D eigenvalue weighted by Crippen LogP contribution is 2.50. The van der Waals surface area contributed by atoms with Crippen molar-refractivity contribution in [3.8, 4) is 22.9 Å². The molecule has 1 aromatic heterocycles. The maximum atomic E-state index is 12.3. The van der Waals surface area contributed by atoms with E-state index >= 15 is 0 Å². The topological polar surface area (TPSA) is 104 Å². The number of aromatic nitrogens is 4. The van der Waals surface area contributed by atoms with Crippen LogP contribution in [0, 0.1) is 0 Å². The summed E-state index contributed by atoms with van der Waals surface area (Å²) in [5, 5.41) is 15.5. The zero-order valence-corrected chi connectivity index (χ0v) is 19.0. The third kappa shape index (κ3) is 3.66. The van der Waals surface area contributed by atoms with Crippen LogP contribution in [0.4, 0.5) is 0 Å². The SMILES string of the molecule is COc1c2c(cc3c1[C@@H](c1nnnn1-c1ccc(C(=O)NC(C)C)cc1)N(C)CC3)OCO2. The molecule has 2 aliphatic rings. The van der Waals surface area contributed by atoms with Crippen LogP contribution in [0.25, 0.3) is 5.69 Å². The molecule has 0 saturated carbocycles. The first-order valence-corrected chi connectivity index (χ1v) is 10.9. The smallest absolute Gasteiger partial charge is 0.251 e. The first-order chi connectivity index (χ1) is 16.0. The van der Waals surface area contributed by atoms with Gasteiger partial charge in [-0.3, -0.25) is 9.69 Å². The molecule has 172 valence electrons. The van der Waals surface area contributed by atoms with Crippen LogP contribution < -0.4 is 19.5 Å². The standard InChI is InChI=1S/C23H26N6O4/c1-13(2)24-23(30)14-5-7-16(8-6-14)29-22(25-26-27-29)19-18-15(9-10-28(19)3)11-17-20(21(18)31-4)33-12-32-17/h5-8,11,13,19H,9-10,12H2,1-4H3,(H,24,30)/t19-/m0/s1. The Morgan fingerprint density at radius 3 is 2.76 bits per heavy atom. The lowest BCUT2D eigenvalue weighted by Crippen LogP contribution is -2.35. The van der Waals surface area contributed by atoms with Gasteiger partial charge in [0.15, 0.2) is 17.3 Å². The van der Waals surface area contributed by atoms with E-state index in [0.29, 0.717) is 28.6 Å². The van der Waals surface area contributed by atoms with Gasteiger partial charge in [-0.05, 0) is 73.6 Å². The van der Waals surface area contributed by atoms with E-state index in [1.165, 1.54) is 0 Å². The van der Waals surface area contributed by atoms with Crippen molar-refractivity contribution in [1.82, 2.24) is 30.4 Å². The van der Waals surface area contributed by atoms with Crippen LogP contribution in [0.5, 0.6) is 17.2 Å². The lowest BCUT2D eigenvalue weighted by molar-refractivity contribution is 0.0943. The maximum absolute atomic E-state index is 12.3. The Morgan fingerprint density at radius 1 is 1.24 bits per heavy atom. The van der Waals surface area contributed by atoms with Gasteiger partial charge in [-0.1, -0.05) is 0 Å². The molecule has 33 heavy (non-hydrogen) atoms. The second-order valence-electron chi connectivity index (χ2n) is 8.47. The van der Waals surface area contributed by atoms with Crippen LogP contribution in [-0.2, 0) is 6.42 Å². The zero-order chi connectivity index (χ0) is 23.1. The van der Waals surface area contributed by atoms with Crippen molar-refractivity contribution >= 4 is 5.91 Å². The molecule has 10 nitrogen and oxygen atoms in total. The van der Waals surface area contributed by atoms with E-state index in [1.807, 2.05) is 39.1 Å². The number of ether oxygens (including phenoxy) is 3. The van der Waals surface area contributed by atoms with Crippen LogP contribution >= 0.6 is 0 Å². The molecule has 1 amide bonds. The molecule has 0 spiro atoms. The number of nitrogens with zero attached hydrogens (tertiary/aromatic N) is 5. The number of carbonyl (C=O) groups excluding carboxylic acids is 1. The third-order valence-electron chi connectivity index (χ3n) is 5.93. The summed E-state index contributed by atoms with van der Waals surface area (Å²) in [6.07, 6.45) is 0.844.